The summed E-state index contributed by atoms with van der Waals surface area (Å²) in [5, 5.41) is 7.05. The van der Waals surface area contributed by atoms with Gasteiger partial charge in [-0.1, -0.05) is 5.16 Å². The molecular formula is C19H33N5O5S. The fourth-order valence-corrected chi connectivity index (χ4v) is 5.06. The molecule has 2 saturated heterocycles. The minimum atomic E-state index is -3.40. The van der Waals surface area contributed by atoms with Gasteiger partial charge in [0.25, 0.3) is 0 Å². The number of rotatable bonds is 9. The first-order chi connectivity index (χ1) is 14.6. The molecule has 0 amide bonds. The average molecular weight is 444 g/mol. The Morgan fingerprint density at radius 1 is 1.30 bits per heavy atom. The molecule has 0 unspecified atom stereocenters. The molecule has 0 radical (unpaired) electrons. The normalized spacial score (nSPS) is 19.9. The number of guanidine groups is 1. The van der Waals surface area contributed by atoms with E-state index in [1.807, 2.05) is 0 Å². The van der Waals surface area contributed by atoms with Crippen molar-refractivity contribution in [2.24, 2.45) is 10.9 Å². The molecule has 1 aromatic rings. The number of hydrogen-bond acceptors (Lipinski definition) is 7. The van der Waals surface area contributed by atoms with Gasteiger partial charge in [0.05, 0.1) is 5.69 Å². The van der Waals surface area contributed by atoms with Crippen molar-refractivity contribution in [2.45, 2.75) is 25.0 Å². The number of nitrogens with zero attached hydrogens (tertiary/aromatic N) is 4. The molecule has 1 N–H and O–H groups in total. The number of ether oxygens (including phenoxy) is 2. The van der Waals surface area contributed by atoms with E-state index in [2.05, 4.69) is 20.4 Å². The van der Waals surface area contributed by atoms with Crippen LogP contribution in [0.25, 0.3) is 0 Å². The fourth-order valence-electron chi connectivity index (χ4n) is 3.64. The Labute approximate surface area is 178 Å². The molecule has 0 aromatic carbocycles. The van der Waals surface area contributed by atoms with Crippen molar-refractivity contribution >= 4 is 16.0 Å². The van der Waals surface area contributed by atoms with Gasteiger partial charge in [-0.3, -0.25) is 4.99 Å². The van der Waals surface area contributed by atoms with Crippen LogP contribution in [-0.4, -0.2) is 94.9 Å². The Balaban J connectivity index is 1.32. The number of piperazine rings is 1. The second kappa shape index (κ2) is 11.6. The van der Waals surface area contributed by atoms with Gasteiger partial charge in [-0.15, -0.1) is 0 Å². The molecule has 0 saturated carbocycles. The first-order valence-corrected chi connectivity index (χ1v) is 12.2. The fraction of sp³-hybridized carbons (Fsp3) is 0.789. The minimum Gasteiger partial charge on any atom is -0.381 e. The lowest BCUT2D eigenvalue weighted by Gasteiger charge is -2.35. The second-order valence-electron chi connectivity index (χ2n) is 7.59. The van der Waals surface area contributed by atoms with Crippen LogP contribution < -0.4 is 5.32 Å². The number of aromatic nitrogens is 1. The highest BCUT2D eigenvalue weighted by atomic mass is 32.2. The Morgan fingerprint density at radius 2 is 2.07 bits per heavy atom. The van der Waals surface area contributed by atoms with Gasteiger partial charge in [0.1, 0.15) is 12.0 Å². The molecule has 1 aromatic heterocycles. The molecular weight excluding hydrogens is 410 g/mol. The first kappa shape index (κ1) is 23.0. The van der Waals surface area contributed by atoms with Crippen molar-refractivity contribution in [3.05, 3.63) is 18.0 Å². The maximum absolute atomic E-state index is 12.5. The highest BCUT2D eigenvalue weighted by Gasteiger charge is 2.28. The molecule has 3 rings (SSSR count). The second-order valence-corrected chi connectivity index (χ2v) is 9.56. The van der Waals surface area contributed by atoms with Crippen molar-refractivity contribution in [1.82, 2.24) is 19.7 Å². The van der Waals surface area contributed by atoms with Crippen LogP contribution in [0.1, 0.15) is 25.0 Å². The third-order valence-corrected chi connectivity index (χ3v) is 7.22. The topological polar surface area (TPSA) is 110 Å². The zero-order chi connectivity index (χ0) is 21.2. The molecule has 30 heavy (non-hydrogen) atoms. The van der Waals surface area contributed by atoms with Gasteiger partial charge >= 0.3 is 0 Å². The summed E-state index contributed by atoms with van der Waals surface area (Å²) in [6.07, 6.45) is 4.46. The number of nitrogens with one attached hydrogen (secondary N) is 1. The third kappa shape index (κ3) is 6.93. The molecule has 2 aliphatic rings. The summed E-state index contributed by atoms with van der Waals surface area (Å²) in [6.45, 7) is 6.03. The van der Waals surface area contributed by atoms with E-state index in [0.29, 0.717) is 37.8 Å². The maximum Gasteiger partial charge on any atom is 0.220 e. The van der Waals surface area contributed by atoms with Crippen LogP contribution in [0.4, 0.5) is 0 Å². The molecule has 0 spiro atoms. The largest absolute Gasteiger partial charge is 0.381 e. The summed E-state index contributed by atoms with van der Waals surface area (Å²) in [7, 11) is -1.65. The van der Waals surface area contributed by atoms with E-state index in [9.17, 15) is 8.42 Å². The Morgan fingerprint density at radius 3 is 2.73 bits per heavy atom. The summed E-state index contributed by atoms with van der Waals surface area (Å²) >= 11 is 0. The summed E-state index contributed by atoms with van der Waals surface area (Å²) in [5.74, 6) is 1.29. The highest BCUT2D eigenvalue weighted by molar-refractivity contribution is 7.88. The van der Waals surface area contributed by atoms with Gasteiger partial charge in [0.15, 0.2) is 5.96 Å². The maximum atomic E-state index is 12.5. The van der Waals surface area contributed by atoms with E-state index in [1.165, 1.54) is 10.6 Å². The van der Waals surface area contributed by atoms with E-state index < -0.39 is 10.0 Å². The van der Waals surface area contributed by atoms with Gasteiger partial charge in [-0.2, -0.15) is 4.31 Å². The van der Waals surface area contributed by atoms with Crippen LogP contribution in [0.2, 0.25) is 0 Å². The van der Waals surface area contributed by atoms with Gasteiger partial charge in [0.2, 0.25) is 10.0 Å². The van der Waals surface area contributed by atoms with Crippen molar-refractivity contribution in [3.8, 4) is 0 Å². The van der Waals surface area contributed by atoms with E-state index in [4.69, 9.17) is 14.0 Å². The molecule has 0 bridgehead atoms. The van der Waals surface area contributed by atoms with Crippen LogP contribution in [0.3, 0.4) is 0 Å². The predicted octanol–water partition coefficient (Wildman–Crippen LogP) is 0.531. The third-order valence-electron chi connectivity index (χ3n) is 5.41. The summed E-state index contributed by atoms with van der Waals surface area (Å²) in [5.41, 5.74) is 0.425. The lowest BCUT2D eigenvalue weighted by atomic mass is 10.0. The SMILES string of the molecule is CN=C(NCCCOCC1CCOCC1)N1CCN(S(=O)(=O)Cc2ccon2)CC1. The Hall–Kier alpha value is -1.69. The molecule has 2 aliphatic heterocycles. The molecule has 3 heterocycles. The van der Waals surface area contributed by atoms with Crippen molar-refractivity contribution in [1.29, 1.82) is 0 Å². The monoisotopic (exact) mass is 443 g/mol. The average Bonchev–Trinajstić information content (AvgIpc) is 3.26. The van der Waals surface area contributed by atoms with Crippen LogP contribution in [0.5, 0.6) is 0 Å². The van der Waals surface area contributed by atoms with Gasteiger partial charge in [-0.25, -0.2) is 8.42 Å². The highest BCUT2D eigenvalue weighted by Crippen LogP contribution is 2.15. The van der Waals surface area contributed by atoms with Gasteiger partial charge in [-0.05, 0) is 25.2 Å². The molecule has 10 nitrogen and oxygen atoms in total. The predicted molar refractivity (Wildman–Crippen MR) is 113 cm³/mol. The summed E-state index contributed by atoms with van der Waals surface area (Å²) in [6, 6.07) is 1.58. The Kier molecular flexibility index (Phi) is 8.91. The van der Waals surface area contributed by atoms with Crippen molar-refractivity contribution in [2.75, 3.05) is 66.2 Å². The van der Waals surface area contributed by atoms with Gasteiger partial charge < -0.3 is 24.2 Å². The minimum absolute atomic E-state index is 0.135. The zero-order valence-electron chi connectivity index (χ0n) is 17.7. The molecule has 0 atom stereocenters. The number of aliphatic imine (C=N–C) groups is 1. The number of hydrogen-bond donors (Lipinski definition) is 1. The van der Waals surface area contributed by atoms with E-state index in [-0.39, 0.29) is 5.75 Å². The van der Waals surface area contributed by atoms with Crippen LogP contribution in [-0.2, 0) is 25.2 Å². The van der Waals surface area contributed by atoms with E-state index >= 15 is 0 Å². The van der Waals surface area contributed by atoms with Crippen LogP contribution in [0, 0.1) is 5.92 Å². The van der Waals surface area contributed by atoms with Crippen LogP contribution in [0.15, 0.2) is 21.8 Å². The summed E-state index contributed by atoms with van der Waals surface area (Å²) in [4.78, 5) is 6.43. The van der Waals surface area contributed by atoms with Crippen molar-refractivity contribution < 1.29 is 22.4 Å². The lowest BCUT2D eigenvalue weighted by molar-refractivity contribution is 0.0203. The quantitative estimate of drug-likeness (QED) is 0.334. The van der Waals surface area contributed by atoms with Gasteiger partial charge in [0, 0.05) is 72.3 Å². The smallest absolute Gasteiger partial charge is 0.220 e. The van der Waals surface area contributed by atoms with Crippen molar-refractivity contribution in [3.63, 3.8) is 0 Å². The molecule has 0 aliphatic carbocycles. The Bertz CT molecular complexity index is 741. The zero-order valence-corrected chi connectivity index (χ0v) is 18.5. The molecule has 11 heteroatoms. The van der Waals surface area contributed by atoms with Crippen LogP contribution >= 0.6 is 0 Å². The standard InChI is InChI=1S/C19H33N5O5S/c1-20-19(21-6-2-11-28-15-17-3-12-27-13-4-17)23-7-9-24(10-8-23)30(25,26)16-18-5-14-29-22-18/h5,14,17H,2-4,6-13,15-16H2,1H3,(H,20,21). The number of sulfonamides is 1. The van der Waals surface area contributed by atoms with E-state index in [0.717, 1.165) is 58.2 Å². The summed E-state index contributed by atoms with van der Waals surface area (Å²) < 4.78 is 42.5. The first-order valence-electron chi connectivity index (χ1n) is 10.6. The lowest BCUT2D eigenvalue weighted by Crippen LogP contribution is -2.54. The molecule has 170 valence electrons. The van der Waals surface area contributed by atoms with E-state index in [1.54, 1.807) is 13.1 Å². The molecule has 2 fully saturated rings.